The van der Waals surface area contributed by atoms with Gasteiger partial charge in [-0.2, -0.15) is 0 Å². The number of hydrogen-bond acceptors (Lipinski definition) is 5. The van der Waals surface area contributed by atoms with E-state index in [1.807, 2.05) is 12.3 Å². The van der Waals surface area contributed by atoms with Crippen LogP contribution in [0, 0.1) is 10.1 Å². The average molecular weight is 391 g/mol. The second-order valence-corrected chi connectivity index (χ2v) is 6.70. The molecule has 0 unspecified atom stereocenters. The first-order valence-electron chi connectivity index (χ1n) is 8.01. The molecule has 2 aromatic rings. The Hall–Kier alpha value is -2.15. The lowest BCUT2D eigenvalue weighted by Crippen LogP contribution is -2.30. The van der Waals surface area contributed by atoms with Crippen LogP contribution >= 0.6 is 15.9 Å². The molecule has 7 heteroatoms. The van der Waals surface area contributed by atoms with Crippen LogP contribution in [0.2, 0.25) is 0 Å². The summed E-state index contributed by atoms with van der Waals surface area (Å²) >= 11 is 3.38. The number of rotatable bonds is 5. The minimum absolute atomic E-state index is 0.0729. The van der Waals surface area contributed by atoms with Gasteiger partial charge in [-0.25, -0.2) is 4.98 Å². The number of nitro groups is 1. The van der Waals surface area contributed by atoms with Crippen molar-refractivity contribution in [3.05, 3.63) is 56.7 Å². The Bertz CT molecular complexity index is 732. The Labute approximate surface area is 149 Å². The summed E-state index contributed by atoms with van der Waals surface area (Å²) in [6.07, 6.45) is 5.58. The number of nitrogens with zero attached hydrogens (tertiary/aromatic N) is 3. The van der Waals surface area contributed by atoms with Gasteiger partial charge in [0.1, 0.15) is 5.82 Å². The largest absolute Gasteiger partial charge is 0.380 e. The number of anilines is 2. The summed E-state index contributed by atoms with van der Waals surface area (Å²) in [6, 6.07) is 8.82. The third-order valence-electron chi connectivity index (χ3n) is 4.14. The number of benzene rings is 1. The third kappa shape index (κ3) is 4.03. The van der Waals surface area contributed by atoms with Crippen LogP contribution in [0.4, 0.5) is 17.2 Å². The van der Waals surface area contributed by atoms with E-state index in [9.17, 15) is 10.1 Å². The molecule has 1 aliphatic rings. The van der Waals surface area contributed by atoms with Gasteiger partial charge in [-0.05, 0) is 59.0 Å². The molecule has 0 atom stereocenters. The standard InChI is InChI=1S/C17H19BrN4O2/c18-15-11-14(22(23)24)4-5-16(15)20-12-13-6-7-19-17(10-13)21-8-2-1-3-9-21/h4-7,10-11,20H,1-3,8-9,12H2. The number of non-ortho nitro benzene ring substituents is 1. The Balaban J connectivity index is 1.67. The van der Waals surface area contributed by atoms with Gasteiger partial charge in [0.15, 0.2) is 0 Å². The van der Waals surface area contributed by atoms with Crippen molar-refractivity contribution in [1.29, 1.82) is 0 Å². The van der Waals surface area contributed by atoms with Crippen LogP contribution in [-0.4, -0.2) is 23.0 Å². The van der Waals surface area contributed by atoms with Crippen LogP contribution in [0.1, 0.15) is 24.8 Å². The van der Waals surface area contributed by atoms with Crippen LogP contribution in [0.5, 0.6) is 0 Å². The molecule has 1 fully saturated rings. The molecule has 1 aliphatic heterocycles. The lowest BCUT2D eigenvalue weighted by Gasteiger charge is -2.28. The van der Waals surface area contributed by atoms with Crippen molar-refractivity contribution in [2.45, 2.75) is 25.8 Å². The number of piperidine rings is 1. The summed E-state index contributed by atoms with van der Waals surface area (Å²) in [5.74, 6) is 1.02. The number of aromatic nitrogens is 1. The molecule has 1 N–H and O–H groups in total. The average Bonchev–Trinajstić information content (AvgIpc) is 2.61. The molecule has 0 bridgehead atoms. The summed E-state index contributed by atoms with van der Waals surface area (Å²) < 4.78 is 0.682. The Morgan fingerprint density at radius 2 is 2.00 bits per heavy atom. The van der Waals surface area contributed by atoms with Crippen molar-refractivity contribution in [1.82, 2.24) is 4.98 Å². The molecule has 3 rings (SSSR count). The number of nitrogens with one attached hydrogen (secondary N) is 1. The fourth-order valence-corrected chi connectivity index (χ4v) is 3.33. The fraction of sp³-hybridized carbons (Fsp3) is 0.353. The topological polar surface area (TPSA) is 71.3 Å². The van der Waals surface area contributed by atoms with Gasteiger partial charge in [-0.3, -0.25) is 10.1 Å². The van der Waals surface area contributed by atoms with Crippen LogP contribution in [0.15, 0.2) is 41.0 Å². The van der Waals surface area contributed by atoms with Crippen molar-refractivity contribution in [2.75, 3.05) is 23.3 Å². The van der Waals surface area contributed by atoms with Crippen molar-refractivity contribution >= 4 is 33.1 Å². The third-order valence-corrected chi connectivity index (χ3v) is 4.79. The second kappa shape index (κ2) is 7.61. The smallest absolute Gasteiger partial charge is 0.270 e. The zero-order chi connectivity index (χ0) is 16.9. The number of hydrogen-bond donors (Lipinski definition) is 1. The van der Waals surface area contributed by atoms with Gasteiger partial charge in [0.2, 0.25) is 0 Å². The predicted molar refractivity (Wildman–Crippen MR) is 98.4 cm³/mol. The van der Waals surface area contributed by atoms with Gasteiger partial charge in [0.25, 0.3) is 5.69 Å². The molecule has 0 saturated carbocycles. The molecule has 1 saturated heterocycles. The van der Waals surface area contributed by atoms with E-state index in [1.165, 1.54) is 31.4 Å². The summed E-state index contributed by atoms with van der Waals surface area (Å²) in [5, 5.41) is 14.1. The second-order valence-electron chi connectivity index (χ2n) is 5.84. The number of halogens is 1. The highest BCUT2D eigenvalue weighted by Crippen LogP contribution is 2.27. The first-order chi connectivity index (χ1) is 11.6. The molecule has 0 radical (unpaired) electrons. The van der Waals surface area contributed by atoms with E-state index in [2.05, 4.69) is 37.2 Å². The van der Waals surface area contributed by atoms with E-state index in [-0.39, 0.29) is 5.69 Å². The Kier molecular flexibility index (Phi) is 5.30. The molecular formula is C17H19BrN4O2. The monoisotopic (exact) mass is 390 g/mol. The van der Waals surface area contributed by atoms with E-state index >= 15 is 0 Å². The fourth-order valence-electron chi connectivity index (χ4n) is 2.82. The highest BCUT2D eigenvalue weighted by atomic mass is 79.9. The van der Waals surface area contributed by atoms with Crippen LogP contribution in [-0.2, 0) is 6.54 Å². The van der Waals surface area contributed by atoms with Crippen LogP contribution in [0.25, 0.3) is 0 Å². The van der Waals surface area contributed by atoms with Crippen molar-refractivity contribution in [3.8, 4) is 0 Å². The van der Waals surface area contributed by atoms with Crippen molar-refractivity contribution in [2.24, 2.45) is 0 Å². The predicted octanol–water partition coefficient (Wildman–Crippen LogP) is 4.35. The zero-order valence-electron chi connectivity index (χ0n) is 13.2. The number of nitro benzene ring substituents is 1. The zero-order valence-corrected chi connectivity index (χ0v) is 14.8. The van der Waals surface area contributed by atoms with Gasteiger partial charge < -0.3 is 10.2 Å². The molecule has 6 nitrogen and oxygen atoms in total. The van der Waals surface area contributed by atoms with E-state index in [1.54, 1.807) is 6.07 Å². The molecular weight excluding hydrogens is 372 g/mol. The lowest BCUT2D eigenvalue weighted by molar-refractivity contribution is -0.384. The van der Waals surface area contributed by atoms with Crippen LogP contribution in [0.3, 0.4) is 0 Å². The summed E-state index contributed by atoms with van der Waals surface area (Å²) in [4.78, 5) is 17.2. The lowest BCUT2D eigenvalue weighted by atomic mass is 10.1. The highest BCUT2D eigenvalue weighted by Gasteiger charge is 2.13. The van der Waals surface area contributed by atoms with E-state index in [0.29, 0.717) is 11.0 Å². The van der Waals surface area contributed by atoms with Crippen molar-refractivity contribution in [3.63, 3.8) is 0 Å². The van der Waals surface area contributed by atoms with Gasteiger partial charge in [-0.15, -0.1) is 0 Å². The SMILES string of the molecule is O=[N+]([O-])c1ccc(NCc2ccnc(N3CCCCC3)c2)c(Br)c1. The maximum Gasteiger partial charge on any atom is 0.270 e. The van der Waals surface area contributed by atoms with Gasteiger partial charge in [-0.1, -0.05) is 0 Å². The minimum atomic E-state index is -0.400. The molecule has 0 aliphatic carbocycles. The molecule has 126 valence electrons. The number of pyridine rings is 1. The molecule has 2 heterocycles. The highest BCUT2D eigenvalue weighted by molar-refractivity contribution is 9.10. The van der Waals surface area contributed by atoms with Crippen LogP contribution < -0.4 is 10.2 Å². The van der Waals surface area contributed by atoms with E-state index in [4.69, 9.17) is 0 Å². The van der Waals surface area contributed by atoms with Crippen molar-refractivity contribution < 1.29 is 4.92 Å². The summed E-state index contributed by atoms with van der Waals surface area (Å²) in [7, 11) is 0. The minimum Gasteiger partial charge on any atom is -0.380 e. The first-order valence-corrected chi connectivity index (χ1v) is 8.80. The Morgan fingerprint density at radius 1 is 1.21 bits per heavy atom. The first kappa shape index (κ1) is 16.7. The van der Waals surface area contributed by atoms with E-state index in [0.717, 1.165) is 30.2 Å². The maximum absolute atomic E-state index is 10.8. The normalized spacial score (nSPS) is 14.5. The van der Waals surface area contributed by atoms with Gasteiger partial charge >= 0.3 is 0 Å². The molecule has 1 aromatic heterocycles. The molecule has 0 amide bonds. The molecule has 1 aromatic carbocycles. The summed E-state index contributed by atoms with van der Waals surface area (Å²) in [6.45, 7) is 2.77. The Morgan fingerprint density at radius 3 is 2.71 bits per heavy atom. The summed E-state index contributed by atoms with van der Waals surface area (Å²) in [5.41, 5.74) is 2.04. The van der Waals surface area contributed by atoms with Gasteiger partial charge in [0, 0.05) is 48.1 Å². The molecule has 24 heavy (non-hydrogen) atoms. The van der Waals surface area contributed by atoms with E-state index < -0.39 is 4.92 Å². The van der Waals surface area contributed by atoms with Gasteiger partial charge in [0.05, 0.1) is 4.92 Å². The maximum atomic E-state index is 10.8. The molecule has 0 spiro atoms. The quantitative estimate of drug-likeness (QED) is 0.606.